The van der Waals surface area contributed by atoms with Crippen molar-refractivity contribution in [2.24, 2.45) is 11.3 Å². The highest BCUT2D eigenvalue weighted by Gasteiger charge is 2.67. The predicted octanol–water partition coefficient (Wildman–Crippen LogP) is 4.76. The molecular formula is C39H45F7N6O10S. The molecule has 16 nitrogen and oxygen atoms in total. The van der Waals surface area contributed by atoms with E-state index >= 15 is 8.78 Å². The summed E-state index contributed by atoms with van der Waals surface area (Å²) in [7, 11) is -4.28. The number of alkyl halides is 7. The average Bonchev–Trinajstić information content (AvgIpc) is 4.07. The smallest absolute Gasteiger partial charge is 0.468 e. The molecule has 4 amide bonds. The number of nitrogens with zero attached hydrogens (tertiary/aromatic N) is 3. The van der Waals surface area contributed by atoms with Crippen LogP contribution in [0.15, 0.2) is 30.4 Å². The summed E-state index contributed by atoms with van der Waals surface area (Å²) in [6.07, 6.45) is -9.25. The van der Waals surface area contributed by atoms with Crippen LogP contribution >= 0.6 is 0 Å². The van der Waals surface area contributed by atoms with E-state index in [0.29, 0.717) is 25.3 Å². The lowest BCUT2D eigenvalue weighted by molar-refractivity contribution is -0.274. The van der Waals surface area contributed by atoms with Crippen molar-refractivity contribution in [1.29, 1.82) is 0 Å². The van der Waals surface area contributed by atoms with Gasteiger partial charge in [-0.25, -0.2) is 32.0 Å². The van der Waals surface area contributed by atoms with Crippen LogP contribution in [0.1, 0.15) is 78.3 Å². The topological polar surface area (TPSA) is 204 Å². The van der Waals surface area contributed by atoms with Crippen molar-refractivity contribution in [3.63, 3.8) is 0 Å². The largest absolute Gasteiger partial charge is 0.573 e. The fourth-order valence-corrected chi connectivity index (χ4v) is 9.51. The maximum absolute atomic E-state index is 16.3. The van der Waals surface area contributed by atoms with Crippen molar-refractivity contribution in [2.75, 3.05) is 13.2 Å². The van der Waals surface area contributed by atoms with Crippen molar-refractivity contribution in [2.45, 2.75) is 132 Å². The fourth-order valence-electron chi connectivity index (χ4n) is 8.15. The minimum Gasteiger partial charge on any atom is -0.468 e. The highest BCUT2D eigenvalue weighted by molar-refractivity contribution is 7.91. The van der Waals surface area contributed by atoms with Gasteiger partial charge in [-0.15, -0.1) is 13.2 Å². The van der Waals surface area contributed by atoms with Gasteiger partial charge >= 0.3 is 18.4 Å². The van der Waals surface area contributed by atoms with Crippen LogP contribution in [0.25, 0.3) is 11.0 Å². The Labute approximate surface area is 356 Å². The second-order valence-corrected chi connectivity index (χ2v) is 19.8. The van der Waals surface area contributed by atoms with Gasteiger partial charge in [0.1, 0.15) is 35.1 Å². The van der Waals surface area contributed by atoms with Gasteiger partial charge < -0.3 is 34.5 Å². The summed E-state index contributed by atoms with van der Waals surface area (Å²) in [5, 5.41) is 3.89. The van der Waals surface area contributed by atoms with Crippen molar-refractivity contribution >= 4 is 44.9 Å². The molecule has 2 aromatic rings. The Morgan fingerprint density at radius 1 is 1.02 bits per heavy atom. The molecule has 0 unspecified atom stereocenters. The van der Waals surface area contributed by atoms with E-state index in [1.165, 1.54) is 6.92 Å². The van der Waals surface area contributed by atoms with Crippen LogP contribution in [0.4, 0.5) is 35.5 Å². The molecule has 1 aromatic carbocycles. The maximum Gasteiger partial charge on any atom is 0.573 e. The minimum absolute atomic E-state index is 0.225. The molecule has 63 heavy (non-hydrogen) atoms. The molecule has 3 N–H and O–H groups in total. The third kappa shape index (κ3) is 9.90. The monoisotopic (exact) mass is 922 g/mol. The van der Waals surface area contributed by atoms with Gasteiger partial charge in [-0.3, -0.25) is 19.1 Å². The number of nitrogens with one attached hydrogen (secondary N) is 3. The molecular weight excluding hydrogens is 878 g/mol. The molecule has 2 aliphatic heterocycles. The summed E-state index contributed by atoms with van der Waals surface area (Å²) in [6.45, 7) is 5.01. The van der Waals surface area contributed by atoms with Gasteiger partial charge in [-0.05, 0) is 69.1 Å². The van der Waals surface area contributed by atoms with Crippen molar-refractivity contribution in [3.8, 4) is 11.6 Å². The number of hydrogen-bond donors (Lipinski definition) is 3. The quantitative estimate of drug-likeness (QED) is 0.254. The lowest BCUT2D eigenvalue weighted by Crippen LogP contribution is -2.60. The molecule has 24 heteroatoms. The molecule has 1 aromatic heterocycles. The van der Waals surface area contributed by atoms with E-state index in [1.54, 1.807) is 25.5 Å². The molecule has 346 valence electrons. The SMILES string of the molecule is CC(C)(C)[C@@H]1NC(=O)O[C@@H]2CCC[C@H]2OC/C=C/C(F)(F)c2nc3cc(OC(F)(F)F)ccc3nc2O[C@]2(C)C[C@@H](C(=O)N[C@@]3(C(=O)NS(=O)(=O)C4CC4)C[C@H]3C(F)F)N(C2)C1=O. The normalized spacial score (nSPS) is 30.8. The summed E-state index contributed by atoms with van der Waals surface area (Å²) in [4.78, 5) is 65.1. The lowest BCUT2D eigenvalue weighted by Gasteiger charge is -2.36. The first kappa shape index (κ1) is 46.0. The zero-order valence-corrected chi connectivity index (χ0v) is 35.1. The van der Waals surface area contributed by atoms with Crippen LogP contribution in [0.5, 0.6) is 11.6 Å². The van der Waals surface area contributed by atoms with Gasteiger partial charge in [0.2, 0.25) is 34.1 Å². The zero-order chi connectivity index (χ0) is 46.1. The van der Waals surface area contributed by atoms with Crippen molar-refractivity contribution in [3.05, 3.63) is 36.0 Å². The average molecular weight is 923 g/mol. The van der Waals surface area contributed by atoms with E-state index in [4.69, 9.17) is 14.2 Å². The highest BCUT2D eigenvalue weighted by Crippen LogP contribution is 2.49. The summed E-state index contributed by atoms with van der Waals surface area (Å²) < 4.78 is 149. The molecule has 5 aliphatic rings. The van der Waals surface area contributed by atoms with E-state index in [9.17, 15) is 49.5 Å². The molecule has 2 bridgehead atoms. The van der Waals surface area contributed by atoms with Crippen LogP contribution in [0, 0.1) is 11.3 Å². The van der Waals surface area contributed by atoms with E-state index in [2.05, 4.69) is 25.3 Å². The number of ether oxygens (including phenoxy) is 4. The first-order valence-corrected chi connectivity index (χ1v) is 21.6. The van der Waals surface area contributed by atoms with E-state index in [0.717, 1.165) is 29.2 Å². The third-order valence-corrected chi connectivity index (χ3v) is 13.4. The first-order chi connectivity index (χ1) is 29.2. The van der Waals surface area contributed by atoms with Gasteiger partial charge in [-0.1, -0.05) is 26.8 Å². The van der Waals surface area contributed by atoms with Gasteiger partial charge in [0, 0.05) is 12.5 Å². The Hall–Kier alpha value is -5.00. The Balaban J connectivity index is 1.31. The number of hydrogen-bond acceptors (Lipinski definition) is 12. The Morgan fingerprint density at radius 3 is 2.35 bits per heavy atom. The number of rotatable bonds is 7. The number of halogens is 7. The Morgan fingerprint density at radius 2 is 1.71 bits per heavy atom. The zero-order valence-electron chi connectivity index (χ0n) is 34.3. The number of sulfonamides is 1. The number of alkyl carbamates (subject to hydrolysis) is 1. The number of carbonyl (C=O) groups is 4. The lowest BCUT2D eigenvalue weighted by atomic mass is 9.85. The van der Waals surface area contributed by atoms with Crippen LogP contribution < -0.4 is 24.8 Å². The second kappa shape index (κ2) is 16.2. The van der Waals surface area contributed by atoms with Crippen LogP contribution in [0.2, 0.25) is 0 Å². The number of benzene rings is 1. The Bertz CT molecular complexity index is 2310. The van der Waals surface area contributed by atoms with Crippen LogP contribution in [0.3, 0.4) is 0 Å². The standard InChI is InChI=1S/C39H45F7N6O10S/c1-35(2,3)28-32(54)52-18-36(4,17-24(52)30(53)50-37(16-21(37)29(40)41)33(55)51-63(57,58)20-10-11-20)62-31-27(47-23-15-19(61-39(44,45)46)9-12-22(23)48-31)38(42,43)13-6-14-59-25-7-5-8-26(25)60-34(56)49-28/h6,9,12-13,15,20-21,24-26,28-29H,5,7-8,10-11,14,16-18H2,1-4H3,(H,49,56)(H,50,53)(H,51,55)/b13-6+/t21-,24-,25+,26+,28+,36+,37-/m0/s1. The summed E-state index contributed by atoms with van der Waals surface area (Å²) >= 11 is 0. The van der Waals surface area contributed by atoms with Gasteiger partial charge in [0.25, 0.3) is 5.91 Å². The minimum atomic E-state index is -5.14. The molecule has 0 spiro atoms. The molecule has 7 atom stereocenters. The van der Waals surface area contributed by atoms with E-state index in [-0.39, 0.29) is 18.4 Å². The second-order valence-electron chi connectivity index (χ2n) is 17.8. The summed E-state index contributed by atoms with van der Waals surface area (Å²) in [6, 6.07) is -0.630. The molecule has 3 aliphatic carbocycles. The first-order valence-electron chi connectivity index (χ1n) is 20.1. The van der Waals surface area contributed by atoms with Gasteiger partial charge in [0.05, 0.1) is 41.5 Å². The van der Waals surface area contributed by atoms with E-state index in [1.807, 2.05) is 0 Å². The maximum atomic E-state index is 16.3. The molecule has 3 saturated carbocycles. The number of carbonyl (C=O) groups excluding carboxylic acids is 4. The highest BCUT2D eigenvalue weighted by atomic mass is 32.2. The van der Waals surface area contributed by atoms with Gasteiger partial charge in [-0.2, -0.15) is 8.78 Å². The van der Waals surface area contributed by atoms with Crippen LogP contribution in [-0.2, 0) is 39.8 Å². The molecule has 3 heterocycles. The molecule has 7 rings (SSSR count). The number of allylic oxidation sites excluding steroid dienone is 1. The Kier molecular flexibility index (Phi) is 11.8. The van der Waals surface area contributed by atoms with Crippen molar-refractivity contribution in [1.82, 2.24) is 30.2 Å². The third-order valence-electron chi connectivity index (χ3n) is 11.6. The van der Waals surface area contributed by atoms with E-state index < -0.39 is 153 Å². The number of aromatic nitrogens is 2. The van der Waals surface area contributed by atoms with Crippen molar-refractivity contribution < 1.29 is 77.3 Å². The van der Waals surface area contributed by atoms with Crippen LogP contribution in [-0.4, -0.2) is 114 Å². The number of amides is 4. The van der Waals surface area contributed by atoms with Gasteiger partial charge in [0.15, 0.2) is 5.69 Å². The summed E-state index contributed by atoms with van der Waals surface area (Å²) in [5.74, 6) is -11.2. The number of fused-ring (bicyclic) bond motifs is 5. The summed E-state index contributed by atoms with van der Waals surface area (Å²) in [5.41, 5.74) is -7.34. The molecule has 4 fully saturated rings. The molecule has 0 radical (unpaired) electrons. The fraction of sp³-hybridized carbons (Fsp3) is 0.641. The molecule has 1 saturated heterocycles. The predicted molar refractivity (Wildman–Crippen MR) is 204 cm³/mol.